The number of benzene rings is 2. The van der Waals surface area contributed by atoms with Crippen LogP contribution in [0, 0.1) is 0 Å². The second-order valence-corrected chi connectivity index (χ2v) is 10.0. The number of methoxy groups -OCH3 is 1. The lowest BCUT2D eigenvalue weighted by molar-refractivity contribution is -0.110. The van der Waals surface area contributed by atoms with E-state index < -0.39 is 21.3 Å². The topological polar surface area (TPSA) is 86.3 Å². The van der Waals surface area contributed by atoms with E-state index in [0.29, 0.717) is 24.7 Å². The zero-order chi connectivity index (χ0) is 22.6. The number of rotatable bonds is 9. The summed E-state index contributed by atoms with van der Waals surface area (Å²) in [6, 6.07) is 14.9. The highest BCUT2D eigenvalue weighted by atomic mass is 32.2. The summed E-state index contributed by atoms with van der Waals surface area (Å²) < 4.78 is 45.9. The highest BCUT2D eigenvalue weighted by Gasteiger charge is 2.43. The van der Waals surface area contributed by atoms with E-state index in [4.69, 9.17) is 19.0 Å². The van der Waals surface area contributed by atoms with E-state index in [1.165, 1.54) is 0 Å². The molecule has 3 unspecified atom stereocenters. The minimum atomic E-state index is -3.62. The van der Waals surface area contributed by atoms with E-state index in [-0.39, 0.29) is 19.3 Å². The van der Waals surface area contributed by atoms with E-state index >= 15 is 0 Å². The molecule has 32 heavy (non-hydrogen) atoms. The zero-order valence-electron chi connectivity index (χ0n) is 18.4. The average Bonchev–Trinajstić information content (AvgIpc) is 3.47. The molecule has 0 bridgehead atoms. The van der Waals surface area contributed by atoms with E-state index in [2.05, 4.69) is 4.72 Å². The molecule has 0 saturated carbocycles. The van der Waals surface area contributed by atoms with Crippen molar-refractivity contribution in [2.24, 2.45) is 0 Å². The summed E-state index contributed by atoms with van der Waals surface area (Å²) in [7, 11) is -0.310. The SMILES string of the molecule is COc1cc(C2C(S(=O)(=O)NCC3CCCO3)CON2C)ccc1OCc1ccccc1. The van der Waals surface area contributed by atoms with Gasteiger partial charge in [-0.2, -0.15) is 5.06 Å². The summed E-state index contributed by atoms with van der Waals surface area (Å²) in [6.07, 6.45) is 1.77. The van der Waals surface area contributed by atoms with Crippen molar-refractivity contribution in [1.29, 1.82) is 0 Å². The van der Waals surface area contributed by atoms with Crippen LogP contribution < -0.4 is 14.2 Å². The van der Waals surface area contributed by atoms with Crippen LogP contribution in [0.5, 0.6) is 11.5 Å². The molecule has 2 aromatic rings. The molecule has 2 aliphatic rings. The molecule has 0 amide bonds. The molecule has 2 aliphatic heterocycles. The number of hydrogen-bond acceptors (Lipinski definition) is 7. The Hall–Kier alpha value is -2.17. The van der Waals surface area contributed by atoms with Crippen molar-refractivity contribution in [1.82, 2.24) is 9.79 Å². The lowest BCUT2D eigenvalue weighted by atomic mass is 10.0. The van der Waals surface area contributed by atoms with E-state index in [0.717, 1.165) is 24.0 Å². The monoisotopic (exact) mass is 462 g/mol. The summed E-state index contributed by atoms with van der Waals surface area (Å²) in [4.78, 5) is 5.61. The largest absolute Gasteiger partial charge is 0.493 e. The summed E-state index contributed by atoms with van der Waals surface area (Å²) in [5.41, 5.74) is 1.83. The minimum Gasteiger partial charge on any atom is -0.493 e. The number of hydrogen-bond donors (Lipinski definition) is 1. The van der Waals surface area contributed by atoms with Crippen molar-refractivity contribution in [3.8, 4) is 11.5 Å². The Labute approximate surface area is 189 Å². The van der Waals surface area contributed by atoms with Crippen molar-refractivity contribution in [3.05, 3.63) is 59.7 Å². The quantitative estimate of drug-likeness (QED) is 0.613. The Balaban J connectivity index is 1.49. The fraction of sp³-hybridized carbons (Fsp3) is 0.478. The van der Waals surface area contributed by atoms with Crippen LogP contribution in [-0.2, 0) is 26.2 Å². The minimum absolute atomic E-state index is 0.0654. The van der Waals surface area contributed by atoms with Gasteiger partial charge in [-0.05, 0) is 36.1 Å². The van der Waals surface area contributed by atoms with Crippen LogP contribution >= 0.6 is 0 Å². The highest BCUT2D eigenvalue weighted by molar-refractivity contribution is 7.90. The number of nitrogens with one attached hydrogen (secondary N) is 1. The third-order valence-corrected chi connectivity index (χ3v) is 7.65. The van der Waals surface area contributed by atoms with Crippen molar-refractivity contribution in [2.75, 3.05) is 33.9 Å². The first-order valence-corrected chi connectivity index (χ1v) is 12.3. The predicted octanol–water partition coefficient (Wildman–Crippen LogP) is 2.66. The smallest absolute Gasteiger partial charge is 0.218 e. The third kappa shape index (κ3) is 5.24. The summed E-state index contributed by atoms with van der Waals surface area (Å²) in [5.74, 6) is 1.14. The molecule has 0 aromatic heterocycles. The molecule has 2 fully saturated rings. The molecule has 0 aliphatic carbocycles. The maximum Gasteiger partial charge on any atom is 0.218 e. The summed E-state index contributed by atoms with van der Waals surface area (Å²) in [5, 5.41) is 0.838. The lowest BCUT2D eigenvalue weighted by Gasteiger charge is -2.24. The zero-order valence-corrected chi connectivity index (χ0v) is 19.2. The molecule has 2 aromatic carbocycles. The van der Waals surface area contributed by atoms with E-state index in [1.54, 1.807) is 19.2 Å². The molecule has 2 heterocycles. The molecule has 9 heteroatoms. The molecule has 4 rings (SSSR count). The van der Waals surface area contributed by atoms with Crippen LogP contribution in [0.3, 0.4) is 0 Å². The average molecular weight is 463 g/mol. The van der Waals surface area contributed by atoms with Gasteiger partial charge in [0.1, 0.15) is 11.9 Å². The van der Waals surface area contributed by atoms with Gasteiger partial charge in [0.25, 0.3) is 0 Å². The van der Waals surface area contributed by atoms with Crippen LogP contribution in [-0.4, -0.2) is 58.8 Å². The first-order valence-electron chi connectivity index (χ1n) is 10.8. The van der Waals surface area contributed by atoms with Crippen LogP contribution in [0.1, 0.15) is 30.0 Å². The van der Waals surface area contributed by atoms with Crippen molar-refractivity contribution < 1.29 is 27.5 Å². The van der Waals surface area contributed by atoms with E-state index in [9.17, 15) is 8.42 Å². The molecule has 0 spiro atoms. The second kappa shape index (κ2) is 10.2. The highest BCUT2D eigenvalue weighted by Crippen LogP contribution is 2.38. The third-order valence-electron chi connectivity index (χ3n) is 5.89. The molecule has 3 atom stereocenters. The molecule has 1 N–H and O–H groups in total. The Morgan fingerprint density at radius 3 is 2.69 bits per heavy atom. The Bertz CT molecular complexity index is 995. The van der Waals surface area contributed by atoms with Gasteiger partial charge in [-0.15, -0.1) is 0 Å². The number of ether oxygens (including phenoxy) is 3. The number of hydroxylamine groups is 2. The Morgan fingerprint density at radius 2 is 1.97 bits per heavy atom. The van der Waals surface area contributed by atoms with Gasteiger partial charge in [0.2, 0.25) is 10.0 Å². The van der Waals surface area contributed by atoms with Crippen LogP contribution in [0.2, 0.25) is 0 Å². The molecule has 2 saturated heterocycles. The fourth-order valence-electron chi connectivity index (χ4n) is 4.12. The molecular weight excluding hydrogens is 432 g/mol. The fourth-order valence-corrected chi connectivity index (χ4v) is 5.66. The normalized spacial score (nSPS) is 24.0. The van der Waals surface area contributed by atoms with Gasteiger partial charge in [-0.25, -0.2) is 13.1 Å². The van der Waals surface area contributed by atoms with Crippen LogP contribution in [0.4, 0.5) is 0 Å². The van der Waals surface area contributed by atoms with Gasteiger partial charge in [0, 0.05) is 20.2 Å². The van der Waals surface area contributed by atoms with Crippen molar-refractivity contribution in [2.45, 2.75) is 36.8 Å². The van der Waals surface area contributed by atoms with Crippen molar-refractivity contribution in [3.63, 3.8) is 0 Å². The molecule has 0 radical (unpaired) electrons. The standard InChI is InChI=1S/C23H30N2O6S/c1-25-23(22(16-31-25)32(26,27)24-14-19-9-6-12-29-19)18-10-11-20(21(13-18)28-2)30-15-17-7-4-3-5-8-17/h3-5,7-8,10-11,13,19,22-24H,6,9,12,14-16H2,1-2H3. The first-order chi connectivity index (χ1) is 15.5. The lowest BCUT2D eigenvalue weighted by Crippen LogP contribution is -2.42. The summed E-state index contributed by atoms with van der Waals surface area (Å²) >= 11 is 0. The number of sulfonamides is 1. The Kier molecular flexibility index (Phi) is 7.32. The Morgan fingerprint density at radius 1 is 1.16 bits per heavy atom. The summed E-state index contributed by atoms with van der Waals surface area (Å²) in [6.45, 7) is 1.46. The second-order valence-electron chi connectivity index (χ2n) is 8.04. The van der Waals surface area contributed by atoms with Gasteiger partial charge in [-0.1, -0.05) is 36.4 Å². The first kappa shape index (κ1) is 23.0. The number of nitrogens with zero attached hydrogens (tertiary/aromatic N) is 1. The molecule has 8 nitrogen and oxygen atoms in total. The van der Waals surface area contributed by atoms with Gasteiger partial charge in [0.05, 0.1) is 25.9 Å². The maximum absolute atomic E-state index is 13.1. The van der Waals surface area contributed by atoms with Gasteiger partial charge in [-0.3, -0.25) is 4.84 Å². The van der Waals surface area contributed by atoms with Crippen molar-refractivity contribution >= 4 is 10.0 Å². The van der Waals surface area contributed by atoms with Crippen LogP contribution in [0.25, 0.3) is 0 Å². The van der Waals surface area contributed by atoms with E-state index in [1.807, 2.05) is 48.5 Å². The molecular formula is C23H30N2O6S. The predicted molar refractivity (Wildman–Crippen MR) is 120 cm³/mol. The maximum atomic E-state index is 13.1. The van der Waals surface area contributed by atoms with Crippen LogP contribution in [0.15, 0.2) is 48.5 Å². The molecule has 174 valence electrons. The van der Waals surface area contributed by atoms with Gasteiger partial charge in [0.15, 0.2) is 11.5 Å². The van der Waals surface area contributed by atoms with Gasteiger partial charge < -0.3 is 14.2 Å². The van der Waals surface area contributed by atoms with Gasteiger partial charge >= 0.3 is 0 Å².